The number of urea groups is 1. The molecule has 2 fully saturated rings. The second-order valence-electron chi connectivity index (χ2n) is 9.50. The Bertz CT molecular complexity index is 871. The van der Waals surface area contributed by atoms with Gasteiger partial charge in [0.05, 0.1) is 25.3 Å². The highest BCUT2D eigenvalue weighted by atomic mass is 16.5. The van der Waals surface area contributed by atoms with Crippen molar-refractivity contribution in [1.29, 1.82) is 0 Å². The van der Waals surface area contributed by atoms with Gasteiger partial charge in [-0.3, -0.25) is 4.90 Å². The maximum absolute atomic E-state index is 13.0. The summed E-state index contributed by atoms with van der Waals surface area (Å²) in [5.74, 6) is 1.16. The molecule has 3 aliphatic rings. The van der Waals surface area contributed by atoms with E-state index >= 15 is 0 Å². The number of hydrogen-bond acceptors (Lipinski definition) is 6. The number of carbonyl (C=O) groups is 2. The molecule has 2 N–H and O–H groups in total. The Hall–Kier alpha value is -2.58. The number of nitrogens with one attached hydrogen (secondary N) is 2. The SMILES string of the molecule is CCOC(=O)C1=C(CN2CCN(CC3CCCCC3)CC2)NC(=O)NC1c1ccc(OC)cc1. The van der Waals surface area contributed by atoms with Crippen LogP contribution in [0, 0.1) is 5.92 Å². The Labute approximate surface area is 202 Å². The molecule has 1 aliphatic carbocycles. The van der Waals surface area contributed by atoms with Gasteiger partial charge in [-0.05, 0) is 43.4 Å². The Morgan fingerprint density at radius 3 is 2.35 bits per heavy atom. The molecule has 2 aliphatic heterocycles. The lowest BCUT2D eigenvalue weighted by Crippen LogP contribution is -2.52. The molecular formula is C26H38N4O4. The lowest BCUT2D eigenvalue weighted by atomic mass is 9.89. The molecule has 1 saturated carbocycles. The number of hydrogen-bond donors (Lipinski definition) is 2. The van der Waals surface area contributed by atoms with E-state index in [4.69, 9.17) is 9.47 Å². The summed E-state index contributed by atoms with van der Waals surface area (Å²) in [6.45, 7) is 7.67. The van der Waals surface area contributed by atoms with Crippen LogP contribution in [0.15, 0.2) is 35.5 Å². The van der Waals surface area contributed by atoms with Crippen molar-refractivity contribution < 1.29 is 19.1 Å². The molecule has 0 spiro atoms. The second-order valence-corrected chi connectivity index (χ2v) is 9.50. The van der Waals surface area contributed by atoms with Gasteiger partial charge in [0, 0.05) is 45.0 Å². The third kappa shape index (κ3) is 6.10. The van der Waals surface area contributed by atoms with Crippen molar-refractivity contribution in [3.8, 4) is 5.75 Å². The van der Waals surface area contributed by atoms with Crippen molar-refractivity contribution >= 4 is 12.0 Å². The van der Waals surface area contributed by atoms with Gasteiger partial charge >= 0.3 is 12.0 Å². The molecule has 2 amide bonds. The molecule has 0 bridgehead atoms. The Balaban J connectivity index is 1.47. The van der Waals surface area contributed by atoms with Crippen molar-refractivity contribution in [1.82, 2.24) is 20.4 Å². The first-order valence-electron chi connectivity index (χ1n) is 12.6. The number of amides is 2. The first kappa shape index (κ1) is 24.5. The lowest BCUT2D eigenvalue weighted by molar-refractivity contribution is -0.139. The molecule has 8 heteroatoms. The molecule has 1 saturated heterocycles. The van der Waals surface area contributed by atoms with E-state index in [1.54, 1.807) is 14.0 Å². The maximum Gasteiger partial charge on any atom is 0.338 e. The molecular weight excluding hydrogens is 432 g/mol. The van der Waals surface area contributed by atoms with Crippen LogP contribution in [0.2, 0.25) is 0 Å². The van der Waals surface area contributed by atoms with Crippen molar-refractivity contribution in [3.05, 3.63) is 41.1 Å². The van der Waals surface area contributed by atoms with Gasteiger partial charge in [0.2, 0.25) is 0 Å². The van der Waals surface area contributed by atoms with Crippen LogP contribution in [-0.2, 0) is 9.53 Å². The van der Waals surface area contributed by atoms with E-state index in [2.05, 4.69) is 20.4 Å². The summed E-state index contributed by atoms with van der Waals surface area (Å²) < 4.78 is 10.6. The van der Waals surface area contributed by atoms with Gasteiger partial charge in [0.1, 0.15) is 5.75 Å². The number of piperazine rings is 1. The van der Waals surface area contributed by atoms with Gasteiger partial charge < -0.3 is 25.0 Å². The molecule has 4 rings (SSSR count). The monoisotopic (exact) mass is 470 g/mol. The largest absolute Gasteiger partial charge is 0.497 e. The molecule has 2 heterocycles. The third-order valence-corrected chi connectivity index (χ3v) is 7.19. The van der Waals surface area contributed by atoms with Gasteiger partial charge in [0.15, 0.2) is 0 Å². The minimum absolute atomic E-state index is 0.277. The number of rotatable bonds is 8. The average Bonchev–Trinajstić information content (AvgIpc) is 2.86. The molecule has 34 heavy (non-hydrogen) atoms. The fourth-order valence-electron chi connectivity index (χ4n) is 5.33. The zero-order valence-corrected chi connectivity index (χ0v) is 20.5. The second kappa shape index (κ2) is 11.7. The average molecular weight is 471 g/mol. The van der Waals surface area contributed by atoms with Crippen LogP contribution >= 0.6 is 0 Å². The minimum Gasteiger partial charge on any atom is -0.497 e. The summed E-state index contributed by atoms with van der Waals surface area (Å²) >= 11 is 0. The predicted molar refractivity (Wildman–Crippen MR) is 131 cm³/mol. The fraction of sp³-hybridized carbons (Fsp3) is 0.615. The summed E-state index contributed by atoms with van der Waals surface area (Å²) in [6.07, 6.45) is 6.86. The van der Waals surface area contributed by atoms with Crippen molar-refractivity contribution in [2.45, 2.75) is 45.1 Å². The van der Waals surface area contributed by atoms with E-state index in [0.29, 0.717) is 17.8 Å². The Kier molecular flexibility index (Phi) is 8.45. The van der Waals surface area contributed by atoms with Crippen LogP contribution < -0.4 is 15.4 Å². The molecule has 8 nitrogen and oxygen atoms in total. The first-order chi connectivity index (χ1) is 16.6. The van der Waals surface area contributed by atoms with Crippen LogP contribution in [0.25, 0.3) is 0 Å². The van der Waals surface area contributed by atoms with E-state index < -0.39 is 12.0 Å². The van der Waals surface area contributed by atoms with Crippen LogP contribution in [0.3, 0.4) is 0 Å². The number of carbonyl (C=O) groups excluding carboxylic acids is 2. The molecule has 1 atom stereocenters. The molecule has 186 valence electrons. The van der Waals surface area contributed by atoms with Gasteiger partial charge in [-0.1, -0.05) is 31.4 Å². The molecule has 1 unspecified atom stereocenters. The summed E-state index contributed by atoms with van der Waals surface area (Å²) in [5.41, 5.74) is 1.91. The van der Waals surface area contributed by atoms with E-state index in [9.17, 15) is 9.59 Å². The van der Waals surface area contributed by atoms with Crippen molar-refractivity contribution in [3.63, 3.8) is 0 Å². The normalized spacial score (nSPS) is 22.8. The van der Waals surface area contributed by atoms with Crippen molar-refractivity contribution in [2.24, 2.45) is 5.92 Å². The minimum atomic E-state index is -0.568. The van der Waals surface area contributed by atoms with E-state index in [1.165, 1.54) is 38.6 Å². The van der Waals surface area contributed by atoms with Crippen molar-refractivity contribution in [2.75, 3.05) is 53.0 Å². The van der Waals surface area contributed by atoms with E-state index in [1.807, 2.05) is 24.3 Å². The summed E-state index contributed by atoms with van der Waals surface area (Å²) in [7, 11) is 1.61. The lowest BCUT2D eigenvalue weighted by Gasteiger charge is -2.38. The maximum atomic E-state index is 13.0. The highest BCUT2D eigenvalue weighted by Gasteiger charge is 2.35. The molecule has 1 aromatic rings. The standard InChI is InChI=1S/C26H38N4O4/c1-3-34-25(31)23-22(27-26(32)28-24(23)20-9-11-21(33-2)12-10-20)18-30-15-13-29(14-16-30)17-19-7-5-4-6-8-19/h9-12,19,24H,3-8,13-18H2,1-2H3,(H2,27,28,32). The zero-order valence-electron chi connectivity index (χ0n) is 20.5. The highest BCUT2D eigenvalue weighted by molar-refractivity contribution is 5.95. The third-order valence-electron chi connectivity index (χ3n) is 7.19. The summed E-state index contributed by atoms with van der Waals surface area (Å²) in [4.78, 5) is 30.5. The predicted octanol–water partition coefficient (Wildman–Crippen LogP) is 3.06. The van der Waals surface area contributed by atoms with Gasteiger partial charge in [-0.15, -0.1) is 0 Å². The van der Waals surface area contributed by atoms with Gasteiger partial charge in [-0.2, -0.15) is 0 Å². The molecule has 0 radical (unpaired) electrons. The highest BCUT2D eigenvalue weighted by Crippen LogP contribution is 2.30. The zero-order chi connectivity index (χ0) is 23.9. The summed E-state index contributed by atoms with van der Waals surface area (Å²) in [6, 6.07) is 6.53. The fourth-order valence-corrected chi connectivity index (χ4v) is 5.33. The topological polar surface area (TPSA) is 83.1 Å². The van der Waals surface area contributed by atoms with E-state index in [-0.39, 0.29) is 12.6 Å². The van der Waals surface area contributed by atoms with Crippen LogP contribution in [0.5, 0.6) is 5.75 Å². The van der Waals surface area contributed by atoms with Crippen LogP contribution in [0.4, 0.5) is 4.79 Å². The van der Waals surface area contributed by atoms with Gasteiger partial charge in [0.25, 0.3) is 0 Å². The molecule has 0 aromatic heterocycles. The van der Waals surface area contributed by atoms with Crippen LogP contribution in [0.1, 0.15) is 50.6 Å². The first-order valence-corrected chi connectivity index (χ1v) is 12.6. The van der Waals surface area contributed by atoms with Gasteiger partial charge in [-0.25, -0.2) is 9.59 Å². The van der Waals surface area contributed by atoms with E-state index in [0.717, 1.165) is 43.4 Å². The smallest absolute Gasteiger partial charge is 0.338 e. The quantitative estimate of drug-likeness (QED) is 0.569. The summed E-state index contributed by atoms with van der Waals surface area (Å²) in [5, 5.41) is 5.80. The number of ether oxygens (including phenoxy) is 2. The van der Waals surface area contributed by atoms with Crippen LogP contribution in [-0.4, -0.2) is 74.8 Å². The number of benzene rings is 1. The molecule has 1 aromatic carbocycles. The number of methoxy groups -OCH3 is 1. The Morgan fingerprint density at radius 1 is 1.03 bits per heavy atom. The Morgan fingerprint density at radius 2 is 1.71 bits per heavy atom. The number of nitrogens with zero attached hydrogens (tertiary/aromatic N) is 2. The number of esters is 1.